The number of nitrogens with zero attached hydrogens (tertiary/aromatic N) is 1. The lowest BCUT2D eigenvalue weighted by Gasteiger charge is -1.84. The Kier molecular flexibility index (Phi) is 2.01. The van der Waals surface area contributed by atoms with Crippen LogP contribution in [0.4, 0.5) is 5.13 Å². The van der Waals surface area contributed by atoms with E-state index in [4.69, 9.17) is 5.73 Å². The Bertz CT molecular complexity index is 244. The van der Waals surface area contributed by atoms with Gasteiger partial charge in [0.1, 0.15) is 0 Å². The Morgan fingerprint density at radius 3 is 2.90 bits per heavy atom. The molecule has 0 spiro atoms. The van der Waals surface area contributed by atoms with E-state index in [1.54, 1.807) is 0 Å². The molecule has 0 amide bonds. The third kappa shape index (κ3) is 1.16. The second kappa shape index (κ2) is 2.79. The minimum absolute atomic E-state index is 0.471. The topological polar surface area (TPSA) is 56.0 Å². The smallest absolute Gasteiger partial charge is 0.180 e. The van der Waals surface area contributed by atoms with Gasteiger partial charge in [-0.2, -0.15) is 0 Å². The molecule has 0 unspecified atom stereocenters. The predicted octanol–water partition coefficient (Wildman–Crippen LogP) is 1.10. The van der Waals surface area contributed by atoms with Crippen LogP contribution in [-0.4, -0.2) is 11.3 Å². The van der Waals surface area contributed by atoms with Crippen LogP contribution in [0.3, 0.4) is 0 Å². The van der Waals surface area contributed by atoms with Crippen LogP contribution in [0.2, 0.25) is 0 Å². The fourth-order valence-electron chi connectivity index (χ4n) is 0.728. The first-order chi connectivity index (χ1) is 4.77. The van der Waals surface area contributed by atoms with E-state index in [2.05, 4.69) is 4.98 Å². The highest BCUT2D eigenvalue weighted by Crippen LogP contribution is 2.18. The first kappa shape index (κ1) is 7.21. The molecule has 0 saturated heterocycles. The number of aryl methyl sites for hydroxylation is 1. The minimum Gasteiger partial charge on any atom is -0.375 e. The quantitative estimate of drug-likeness (QED) is 0.652. The summed E-state index contributed by atoms with van der Waals surface area (Å²) in [6.07, 6.45) is 1.56. The number of aromatic nitrogens is 1. The third-order valence-corrected chi connectivity index (χ3v) is 2.04. The first-order valence-corrected chi connectivity index (χ1v) is 3.80. The normalized spacial score (nSPS) is 9.70. The van der Waals surface area contributed by atoms with Crippen LogP contribution in [0.25, 0.3) is 0 Å². The number of carbonyl (C=O) groups excluding carboxylic acids is 1. The number of hydrogen-bond acceptors (Lipinski definition) is 4. The van der Waals surface area contributed by atoms with Gasteiger partial charge in [0.15, 0.2) is 11.4 Å². The molecule has 0 fully saturated rings. The van der Waals surface area contributed by atoms with Crippen LogP contribution in [0.1, 0.15) is 22.3 Å². The fourth-order valence-corrected chi connectivity index (χ4v) is 1.46. The molecular weight excluding hydrogens is 148 g/mol. The van der Waals surface area contributed by atoms with Gasteiger partial charge in [-0.1, -0.05) is 18.3 Å². The number of nitrogen functional groups attached to an aromatic ring is 1. The lowest BCUT2D eigenvalue weighted by molar-refractivity contribution is 0.112. The van der Waals surface area contributed by atoms with Crippen LogP contribution in [-0.2, 0) is 6.42 Å². The van der Waals surface area contributed by atoms with E-state index in [1.807, 2.05) is 6.92 Å². The number of hydrogen-bond donors (Lipinski definition) is 1. The monoisotopic (exact) mass is 156 g/mol. The van der Waals surface area contributed by atoms with E-state index in [9.17, 15) is 4.79 Å². The summed E-state index contributed by atoms with van der Waals surface area (Å²) in [5.74, 6) is 0. The molecule has 54 valence electrons. The van der Waals surface area contributed by atoms with E-state index in [0.29, 0.717) is 10.0 Å². The summed E-state index contributed by atoms with van der Waals surface area (Å²) in [6, 6.07) is 0. The Labute approximate surface area is 62.9 Å². The van der Waals surface area contributed by atoms with Crippen molar-refractivity contribution in [3.05, 3.63) is 10.6 Å². The van der Waals surface area contributed by atoms with E-state index < -0.39 is 0 Å². The molecule has 1 heterocycles. The highest BCUT2D eigenvalue weighted by molar-refractivity contribution is 7.17. The second-order valence-electron chi connectivity index (χ2n) is 1.83. The molecule has 0 bridgehead atoms. The maximum absolute atomic E-state index is 10.3. The molecule has 0 radical (unpaired) electrons. The van der Waals surface area contributed by atoms with Crippen LogP contribution >= 0.6 is 11.3 Å². The molecule has 0 atom stereocenters. The van der Waals surface area contributed by atoms with Crippen LogP contribution < -0.4 is 5.73 Å². The van der Waals surface area contributed by atoms with Crippen LogP contribution in [0, 0.1) is 0 Å². The van der Waals surface area contributed by atoms with Gasteiger partial charge in [0.2, 0.25) is 0 Å². The predicted molar refractivity (Wildman–Crippen MR) is 41.3 cm³/mol. The summed E-state index contributed by atoms with van der Waals surface area (Å²) in [5, 5.41) is 0.471. The molecule has 0 saturated carbocycles. The zero-order chi connectivity index (χ0) is 7.56. The Morgan fingerprint density at radius 2 is 2.50 bits per heavy atom. The number of nitrogens with two attached hydrogens (primary N) is 1. The van der Waals surface area contributed by atoms with E-state index in [1.165, 1.54) is 11.3 Å². The summed E-state index contributed by atoms with van der Waals surface area (Å²) in [7, 11) is 0. The SMILES string of the molecule is CCc1nc(N)sc1C=O. The molecule has 1 aromatic rings. The summed E-state index contributed by atoms with van der Waals surface area (Å²) < 4.78 is 0. The summed E-state index contributed by atoms with van der Waals surface area (Å²) in [6.45, 7) is 1.95. The van der Waals surface area contributed by atoms with E-state index >= 15 is 0 Å². The Hall–Kier alpha value is -0.900. The molecule has 0 aromatic carbocycles. The van der Waals surface area contributed by atoms with Gasteiger partial charge in [0.05, 0.1) is 10.6 Å². The molecule has 4 heteroatoms. The average Bonchev–Trinajstić information content (AvgIpc) is 2.30. The fraction of sp³-hybridized carbons (Fsp3) is 0.333. The molecule has 1 rings (SSSR count). The van der Waals surface area contributed by atoms with Gasteiger partial charge < -0.3 is 5.73 Å². The molecule has 0 aliphatic carbocycles. The van der Waals surface area contributed by atoms with Crippen molar-refractivity contribution in [3.63, 3.8) is 0 Å². The number of carbonyl (C=O) groups is 1. The number of aldehydes is 1. The van der Waals surface area contributed by atoms with Crippen molar-refractivity contribution < 1.29 is 4.79 Å². The van der Waals surface area contributed by atoms with Gasteiger partial charge in [-0.05, 0) is 6.42 Å². The number of thiazole rings is 1. The van der Waals surface area contributed by atoms with Crippen molar-refractivity contribution >= 4 is 22.8 Å². The van der Waals surface area contributed by atoms with E-state index in [0.717, 1.165) is 18.4 Å². The average molecular weight is 156 g/mol. The first-order valence-electron chi connectivity index (χ1n) is 2.98. The third-order valence-electron chi connectivity index (χ3n) is 1.19. The summed E-state index contributed by atoms with van der Waals surface area (Å²) >= 11 is 1.24. The highest BCUT2D eigenvalue weighted by Gasteiger charge is 2.04. The molecule has 0 aliphatic heterocycles. The number of anilines is 1. The van der Waals surface area contributed by atoms with Crippen molar-refractivity contribution in [3.8, 4) is 0 Å². The van der Waals surface area contributed by atoms with Gasteiger partial charge >= 0.3 is 0 Å². The Morgan fingerprint density at radius 1 is 1.80 bits per heavy atom. The van der Waals surface area contributed by atoms with Gasteiger partial charge in [0.25, 0.3) is 0 Å². The molecule has 2 N–H and O–H groups in total. The molecule has 10 heavy (non-hydrogen) atoms. The van der Waals surface area contributed by atoms with Gasteiger partial charge in [-0.3, -0.25) is 4.79 Å². The van der Waals surface area contributed by atoms with Crippen molar-refractivity contribution in [2.75, 3.05) is 5.73 Å². The zero-order valence-corrected chi connectivity index (χ0v) is 6.44. The van der Waals surface area contributed by atoms with Crippen molar-refractivity contribution in [1.82, 2.24) is 4.98 Å². The maximum Gasteiger partial charge on any atom is 0.180 e. The Balaban J connectivity index is 3.08. The van der Waals surface area contributed by atoms with Crippen molar-refractivity contribution in [2.24, 2.45) is 0 Å². The second-order valence-corrected chi connectivity index (χ2v) is 2.90. The van der Waals surface area contributed by atoms with E-state index in [-0.39, 0.29) is 0 Å². The largest absolute Gasteiger partial charge is 0.375 e. The minimum atomic E-state index is 0.471. The molecule has 0 aliphatic rings. The van der Waals surface area contributed by atoms with Crippen molar-refractivity contribution in [1.29, 1.82) is 0 Å². The highest BCUT2D eigenvalue weighted by atomic mass is 32.1. The van der Waals surface area contributed by atoms with Crippen LogP contribution in [0.15, 0.2) is 0 Å². The lowest BCUT2D eigenvalue weighted by Crippen LogP contribution is -1.86. The molecule has 3 nitrogen and oxygen atoms in total. The van der Waals surface area contributed by atoms with Crippen LogP contribution in [0.5, 0.6) is 0 Å². The zero-order valence-electron chi connectivity index (χ0n) is 5.63. The summed E-state index contributed by atoms with van der Waals surface area (Å²) in [4.78, 5) is 14.9. The van der Waals surface area contributed by atoms with Gasteiger partial charge in [0, 0.05) is 0 Å². The molecular formula is C6H8N2OS. The number of rotatable bonds is 2. The standard InChI is InChI=1S/C6H8N2OS/c1-2-4-5(3-9)10-6(7)8-4/h3H,2H2,1H3,(H2,7,8). The summed E-state index contributed by atoms with van der Waals surface area (Å²) in [5.41, 5.74) is 6.18. The maximum atomic E-state index is 10.3. The molecule has 1 aromatic heterocycles. The van der Waals surface area contributed by atoms with Gasteiger partial charge in [-0.15, -0.1) is 0 Å². The van der Waals surface area contributed by atoms with Crippen molar-refractivity contribution in [2.45, 2.75) is 13.3 Å². The lowest BCUT2D eigenvalue weighted by atomic mass is 10.3. The van der Waals surface area contributed by atoms with Gasteiger partial charge in [-0.25, -0.2) is 4.98 Å².